The lowest BCUT2D eigenvalue weighted by Gasteiger charge is -2.35. The van der Waals surface area contributed by atoms with Gasteiger partial charge >= 0.3 is 0 Å². The molecule has 0 radical (unpaired) electrons. The molecule has 1 heterocycles. The summed E-state index contributed by atoms with van der Waals surface area (Å²) in [6.07, 6.45) is 4.34. The molecule has 2 aliphatic rings. The number of rotatable bonds is 6. The second-order valence-corrected chi connectivity index (χ2v) is 11.8. The second-order valence-electron chi connectivity index (χ2n) is 7.04. The van der Waals surface area contributed by atoms with E-state index in [1.165, 1.54) is 29.3 Å². The number of fused-ring (bicyclic) bond motifs is 1. The van der Waals surface area contributed by atoms with E-state index in [-0.39, 0.29) is 6.10 Å². The summed E-state index contributed by atoms with van der Waals surface area (Å²) in [5, 5.41) is 0. The first kappa shape index (κ1) is 16.9. The highest BCUT2D eigenvalue weighted by atomic mass is 28.4. The first-order valence-electron chi connectivity index (χ1n) is 9.23. The number of epoxide rings is 1. The van der Waals surface area contributed by atoms with Crippen LogP contribution in [-0.2, 0) is 9.16 Å². The van der Waals surface area contributed by atoms with Crippen LogP contribution in [0.4, 0.5) is 0 Å². The fourth-order valence-corrected chi connectivity index (χ4v) is 6.90. The van der Waals surface area contributed by atoms with Crippen molar-refractivity contribution in [2.24, 2.45) is 5.92 Å². The first-order valence-corrected chi connectivity index (χ1v) is 11.8. The fourth-order valence-electron chi connectivity index (χ4n) is 3.95. The van der Waals surface area contributed by atoms with E-state index in [9.17, 15) is 0 Å². The number of hydrogen-bond donors (Lipinski definition) is 0. The second kappa shape index (κ2) is 6.92. The molecule has 1 saturated heterocycles. The van der Waals surface area contributed by atoms with Gasteiger partial charge in [-0.15, -0.1) is 0 Å². The van der Waals surface area contributed by atoms with E-state index in [1.54, 1.807) is 0 Å². The molecule has 0 N–H and O–H groups in total. The molecule has 0 saturated carbocycles. The van der Waals surface area contributed by atoms with Gasteiger partial charge in [0, 0.05) is 5.92 Å². The molecule has 0 amide bonds. The van der Waals surface area contributed by atoms with Gasteiger partial charge in [0.25, 0.3) is 0 Å². The number of ether oxygens (including phenoxy) is 1. The molecule has 1 aliphatic heterocycles. The maximum absolute atomic E-state index is 6.81. The van der Waals surface area contributed by atoms with Gasteiger partial charge in [-0.25, -0.2) is 0 Å². The number of hydrogen-bond acceptors (Lipinski definition) is 2. The molecule has 23 heavy (non-hydrogen) atoms. The van der Waals surface area contributed by atoms with Crippen LogP contribution in [0.2, 0.25) is 18.1 Å². The third kappa shape index (κ3) is 3.33. The van der Waals surface area contributed by atoms with Crippen LogP contribution in [0.25, 0.3) is 5.57 Å². The molecular weight excluding hydrogens is 300 g/mol. The van der Waals surface area contributed by atoms with Crippen molar-refractivity contribution in [3.05, 3.63) is 42.0 Å². The maximum Gasteiger partial charge on any atom is 0.192 e. The normalized spacial score (nSPS) is 30.3. The van der Waals surface area contributed by atoms with Gasteiger partial charge in [0.2, 0.25) is 0 Å². The minimum Gasteiger partial charge on any atom is -0.413 e. The Morgan fingerprint density at radius 2 is 1.74 bits per heavy atom. The lowest BCUT2D eigenvalue weighted by Crippen LogP contribution is -2.42. The van der Waals surface area contributed by atoms with Crippen LogP contribution < -0.4 is 0 Å². The van der Waals surface area contributed by atoms with E-state index in [2.05, 4.69) is 64.1 Å². The molecule has 0 spiro atoms. The highest BCUT2D eigenvalue weighted by molar-refractivity contribution is 6.73. The maximum atomic E-state index is 6.81. The predicted octanol–water partition coefficient (Wildman–Crippen LogP) is 5.27. The molecule has 3 heteroatoms. The minimum absolute atomic E-state index is 0.280. The van der Waals surface area contributed by atoms with Crippen molar-refractivity contribution in [3.8, 4) is 0 Å². The third-order valence-electron chi connectivity index (χ3n) is 5.95. The average Bonchev–Trinajstić information content (AvgIpc) is 3.39. The quantitative estimate of drug-likeness (QED) is 0.523. The first-order chi connectivity index (χ1) is 11.1. The van der Waals surface area contributed by atoms with Crippen molar-refractivity contribution >= 4 is 13.9 Å². The average molecular weight is 331 g/mol. The Balaban J connectivity index is 1.81. The van der Waals surface area contributed by atoms with Crippen LogP contribution in [0.3, 0.4) is 0 Å². The molecule has 1 aromatic carbocycles. The summed E-state index contributed by atoms with van der Waals surface area (Å²) < 4.78 is 12.9. The Morgan fingerprint density at radius 1 is 1.09 bits per heavy atom. The molecule has 3 rings (SSSR count). The van der Waals surface area contributed by atoms with Gasteiger partial charge in [-0.05, 0) is 35.7 Å². The van der Waals surface area contributed by atoms with Crippen LogP contribution >= 0.6 is 0 Å². The molecule has 126 valence electrons. The monoisotopic (exact) mass is 330 g/mol. The van der Waals surface area contributed by atoms with Crippen molar-refractivity contribution in [1.29, 1.82) is 0 Å². The van der Waals surface area contributed by atoms with E-state index in [4.69, 9.17) is 9.16 Å². The van der Waals surface area contributed by atoms with Gasteiger partial charge in [0.1, 0.15) is 6.10 Å². The summed E-state index contributed by atoms with van der Waals surface area (Å²) in [6, 6.07) is 14.3. The van der Waals surface area contributed by atoms with Gasteiger partial charge in [-0.2, -0.15) is 0 Å². The van der Waals surface area contributed by atoms with Gasteiger partial charge in [0.15, 0.2) is 8.32 Å². The highest BCUT2D eigenvalue weighted by Gasteiger charge is 2.50. The zero-order chi connectivity index (χ0) is 16.4. The van der Waals surface area contributed by atoms with E-state index in [0.717, 1.165) is 6.42 Å². The smallest absolute Gasteiger partial charge is 0.192 e. The summed E-state index contributed by atoms with van der Waals surface area (Å²) in [4.78, 5) is 0. The summed E-state index contributed by atoms with van der Waals surface area (Å²) in [5.41, 5.74) is 2.67. The lowest BCUT2D eigenvalue weighted by molar-refractivity contribution is 0.113. The molecule has 1 fully saturated rings. The van der Waals surface area contributed by atoms with E-state index in [0.29, 0.717) is 18.1 Å². The topological polar surface area (TPSA) is 21.8 Å². The van der Waals surface area contributed by atoms with Crippen molar-refractivity contribution in [2.45, 2.75) is 70.6 Å². The zero-order valence-electron chi connectivity index (χ0n) is 14.9. The summed E-state index contributed by atoms with van der Waals surface area (Å²) >= 11 is 0. The fraction of sp³-hybridized carbons (Fsp3) is 0.600. The Kier molecular flexibility index (Phi) is 5.09. The van der Waals surface area contributed by atoms with Crippen LogP contribution in [0.1, 0.15) is 39.7 Å². The van der Waals surface area contributed by atoms with Crippen molar-refractivity contribution in [1.82, 2.24) is 0 Å². The van der Waals surface area contributed by atoms with Gasteiger partial charge in [-0.3, -0.25) is 0 Å². The van der Waals surface area contributed by atoms with Crippen LogP contribution in [0.5, 0.6) is 0 Å². The SMILES string of the molecule is CC[Si](CC)(CC)O[C@H]1CC=C(c2ccccc2)[C@@H]2O[C@@H]2[C@@H]1C. The zero-order valence-corrected chi connectivity index (χ0v) is 15.9. The summed E-state index contributed by atoms with van der Waals surface area (Å²) in [5.74, 6) is 0.481. The molecule has 0 unspecified atom stereocenters. The molecule has 2 nitrogen and oxygen atoms in total. The third-order valence-corrected chi connectivity index (χ3v) is 10.6. The van der Waals surface area contributed by atoms with Crippen LogP contribution in [-0.4, -0.2) is 26.6 Å². The van der Waals surface area contributed by atoms with Crippen LogP contribution in [0.15, 0.2) is 36.4 Å². The molecule has 4 atom stereocenters. The predicted molar refractivity (Wildman–Crippen MR) is 98.9 cm³/mol. The van der Waals surface area contributed by atoms with Gasteiger partial charge in [0.05, 0.1) is 12.2 Å². The van der Waals surface area contributed by atoms with Crippen molar-refractivity contribution < 1.29 is 9.16 Å². The van der Waals surface area contributed by atoms with E-state index >= 15 is 0 Å². The van der Waals surface area contributed by atoms with Crippen molar-refractivity contribution in [3.63, 3.8) is 0 Å². The van der Waals surface area contributed by atoms with Gasteiger partial charge in [-0.1, -0.05) is 64.1 Å². The molecule has 0 bridgehead atoms. The summed E-state index contributed by atoms with van der Waals surface area (Å²) in [6.45, 7) is 9.24. The molecule has 1 aromatic rings. The molecular formula is C20H30O2Si. The Morgan fingerprint density at radius 3 is 2.35 bits per heavy atom. The minimum atomic E-state index is -1.57. The number of benzene rings is 1. The Labute approximate surface area is 142 Å². The largest absolute Gasteiger partial charge is 0.413 e. The molecule has 0 aromatic heterocycles. The lowest BCUT2D eigenvalue weighted by atomic mass is 9.97. The highest BCUT2D eigenvalue weighted by Crippen LogP contribution is 2.45. The standard InChI is InChI=1S/C20H30O2Si/c1-5-23(6-2,7-3)22-18-14-13-17(16-11-9-8-10-12-16)20-19(21-20)15(18)4/h8-13,15,18-20H,5-7,14H2,1-4H3/t15-,18+,19-,20+/m1/s1. The van der Waals surface area contributed by atoms with E-state index in [1.807, 2.05) is 0 Å². The van der Waals surface area contributed by atoms with Crippen molar-refractivity contribution in [2.75, 3.05) is 0 Å². The van der Waals surface area contributed by atoms with Crippen LogP contribution in [0, 0.1) is 5.92 Å². The van der Waals surface area contributed by atoms with E-state index < -0.39 is 8.32 Å². The summed E-state index contributed by atoms with van der Waals surface area (Å²) in [7, 11) is -1.57. The molecule has 1 aliphatic carbocycles. The Bertz CT molecular complexity index is 542. The Hall–Kier alpha value is -0.903. The van der Waals surface area contributed by atoms with Gasteiger partial charge < -0.3 is 9.16 Å².